The number of hydrogen-bond donors (Lipinski definition) is 1. The normalized spacial score (nSPS) is 12.9. The highest BCUT2D eigenvalue weighted by Crippen LogP contribution is 2.31. The molecule has 3 rings (SSSR count). The van der Waals surface area contributed by atoms with Crippen LogP contribution in [0.15, 0.2) is 71.6 Å². The Kier molecular flexibility index (Phi) is 10.9. The van der Waals surface area contributed by atoms with Gasteiger partial charge in [-0.2, -0.15) is 0 Å². The Morgan fingerprint density at radius 1 is 0.951 bits per heavy atom. The van der Waals surface area contributed by atoms with E-state index in [2.05, 4.69) is 5.32 Å². The van der Waals surface area contributed by atoms with Crippen molar-refractivity contribution in [1.29, 1.82) is 0 Å². The van der Waals surface area contributed by atoms with Crippen molar-refractivity contribution in [3.63, 3.8) is 0 Å². The van der Waals surface area contributed by atoms with Crippen molar-refractivity contribution in [2.75, 3.05) is 10.8 Å². The van der Waals surface area contributed by atoms with Crippen molar-refractivity contribution in [1.82, 2.24) is 10.2 Å². The second-order valence-electron chi connectivity index (χ2n) is 10.1. The molecule has 0 bridgehead atoms. The summed E-state index contributed by atoms with van der Waals surface area (Å²) in [6.07, 6.45) is 0.987. The Morgan fingerprint density at radius 2 is 1.59 bits per heavy atom. The van der Waals surface area contributed by atoms with E-state index in [0.29, 0.717) is 22.6 Å². The van der Waals surface area contributed by atoms with Gasteiger partial charge in [-0.1, -0.05) is 61.3 Å². The number of aryl methyl sites for hydroxylation is 1. The molecule has 2 atom stereocenters. The molecule has 0 aliphatic heterocycles. The van der Waals surface area contributed by atoms with Gasteiger partial charge in [0.2, 0.25) is 11.8 Å². The molecular formula is C31H37ClFN3O4S. The second kappa shape index (κ2) is 14.0. The molecule has 7 nitrogen and oxygen atoms in total. The van der Waals surface area contributed by atoms with Gasteiger partial charge in [-0.05, 0) is 81.1 Å². The number of nitrogens with zero attached hydrogens (tertiary/aromatic N) is 2. The van der Waals surface area contributed by atoms with E-state index >= 15 is 0 Å². The van der Waals surface area contributed by atoms with Crippen LogP contribution >= 0.6 is 11.6 Å². The highest BCUT2D eigenvalue weighted by Gasteiger charge is 2.34. The maximum atomic E-state index is 14.1. The number of benzene rings is 3. The van der Waals surface area contributed by atoms with Gasteiger partial charge >= 0.3 is 0 Å². The van der Waals surface area contributed by atoms with E-state index in [9.17, 15) is 22.4 Å². The average Bonchev–Trinajstić information content (AvgIpc) is 2.94. The van der Waals surface area contributed by atoms with E-state index in [-0.39, 0.29) is 35.5 Å². The number of anilines is 1. The van der Waals surface area contributed by atoms with Crippen LogP contribution in [0.4, 0.5) is 10.1 Å². The number of rotatable bonds is 12. The zero-order valence-electron chi connectivity index (χ0n) is 24.0. The molecule has 0 unspecified atom stereocenters. The van der Waals surface area contributed by atoms with Crippen LogP contribution in [0.2, 0.25) is 5.02 Å². The molecule has 10 heteroatoms. The fourth-order valence-corrected chi connectivity index (χ4v) is 6.01. The van der Waals surface area contributed by atoms with Gasteiger partial charge in [0.05, 0.1) is 10.6 Å². The largest absolute Gasteiger partial charge is 0.352 e. The first-order chi connectivity index (χ1) is 19.4. The minimum Gasteiger partial charge on any atom is -0.352 e. The monoisotopic (exact) mass is 601 g/mol. The lowest BCUT2D eigenvalue weighted by Gasteiger charge is -2.34. The summed E-state index contributed by atoms with van der Waals surface area (Å²) in [4.78, 5) is 28.8. The summed E-state index contributed by atoms with van der Waals surface area (Å²) in [6.45, 7) is 8.53. The topological polar surface area (TPSA) is 86.8 Å². The number of carbonyl (C=O) groups is 2. The number of sulfonamides is 1. The van der Waals surface area contributed by atoms with Gasteiger partial charge in [0.1, 0.15) is 18.4 Å². The minimum absolute atomic E-state index is 0.0154. The summed E-state index contributed by atoms with van der Waals surface area (Å²) >= 11 is 6.37. The Balaban J connectivity index is 2.10. The Labute approximate surface area is 247 Å². The minimum atomic E-state index is -4.22. The quantitative estimate of drug-likeness (QED) is 0.275. The predicted octanol–water partition coefficient (Wildman–Crippen LogP) is 6.01. The lowest BCUT2D eigenvalue weighted by atomic mass is 10.1. The van der Waals surface area contributed by atoms with E-state index in [0.717, 1.165) is 9.87 Å². The third-order valence-corrected chi connectivity index (χ3v) is 9.23. The molecule has 0 saturated heterocycles. The van der Waals surface area contributed by atoms with Crippen LogP contribution in [0.25, 0.3) is 0 Å². The summed E-state index contributed by atoms with van der Waals surface area (Å²) in [5, 5.41) is 3.28. The Bertz CT molecular complexity index is 1460. The van der Waals surface area contributed by atoms with Crippen molar-refractivity contribution in [3.8, 4) is 0 Å². The highest BCUT2D eigenvalue weighted by atomic mass is 35.5. The van der Waals surface area contributed by atoms with E-state index in [1.807, 2.05) is 20.8 Å². The Morgan fingerprint density at radius 3 is 2.17 bits per heavy atom. The average molecular weight is 602 g/mol. The molecule has 3 aromatic carbocycles. The lowest BCUT2D eigenvalue weighted by molar-refractivity contribution is -0.140. The molecule has 0 fully saturated rings. The molecule has 3 aromatic rings. The standard InChI is InChI=1S/C31H37ClFN3O4S/c1-6-22(4)34-31(38)28(7-2)35(19-24-13-15-25(33)16-14-24)30(37)20-36(29-10-8-9-27(32)23(29)5)41(39,40)26-17-11-21(3)12-18-26/h8-18,22,28H,6-7,19-20H2,1-5H3,(H,34,38)/t22-,28+/m0/s1. The van der Waals surface area contributed by atoms with Crippen LogP contribution in [0.1, 0.15) is 50.3 Å². The van der Waals surface area contributed by atoms with Crippen molar-refractivity contribution < 1.29 is 22.4 Å². The van der Waals surface area contributed by atoms with Gasteiger partial charge in [0, 0.05) is 17.6 Å². The second-order valence-corrected chi connectivity index (χ2v) is 12.4. The van der Waals surface area contributed by atoms with Gasteiger partial charge < -0.3 is 10.2 Å². The van der Waals surface area contributed by atoms with Crippen LogP contribution in [0.5, 0.6) is 0 Å². The molecule has 41 heavy (non-hydrogen) atoms. The molecule has 0 aromatic heterocycles. The summed E-state index contributed by atoms with van der Waals surface area (Å²) in [5.74, 6) is -1.36. The van der Waals surface area contributed by atoms with Gasteiger partial charge in [0.15, 0.2) is 0 Å². The van der Waals surface area contributed by atoms with Gasteiger partial charge in [-0.3, -0.25) is 13.9 Å². The van der Waals surface area contributed by atoms with E-state index in [1.165, 1.54) is 41.3 Å². The van der Waals surface area contributed by atoms with Gasteiger partial charge in [-0.25, -0.2) is 12.8 Å². The van der Waals surface area contributed by atoms with Crippen molar-refractivity contribution in [3.05, 3.63) is 94.3 Å². The van der Waals surface area contributed by atoms with Gasteiger partial charge in [-0.15, -0.1) is 0 Å². The summed E-state index contributed by atoms with van der Waals surface area (Å²) in [5.41, 5.74) is 2.23. The molecule has 1 N–H and O–H groups in total. The van der Waals surface area contributed by atoms with Crippen LogP contribution in [0.3, 0.4) is 0 Å². The molecular weight excluding hydrogens is 565 g/mol. The smallest absolute Gasteiger partial charge is 0.264 e. The molecule has 0 heterocycles. The highest BCUT2D eigenvalue weighted by molar-refractivity contribution is 7.92. The van der Waals surface area contributed by atoms with Crippen molar-refractivity contribution in [2.24, 2.45) is 0 Å². The number of nitrogens with one attached hydrogen (secondary N) is 1. The summed E-state index contributed by atoms with van der Waals surface area (Å²) in [6, 6.07) is 15.9. The third-order valence-electron chi connectivity index (χ3n) is 7.05. The van der Waals surface area contributed by atoms with E-state index < -0.39 is 34.3 Å². The number of carbonyl (C=O) groups excluding carboxylic acids is 2. The molecule has 220 valence electrons. The zero-order chi connectivity index (χ0) is 30.3. The molecule has 0 spiro atoms. The molecule has 0 aliphatic carbocycles. The molecule has 0 aliphatic rings. The fourth-order valence-electron chi connectivity index (χ4n) is 4.36. The van der Waals surface area contributed by atoms with E-state index in [1.54, 1.807) is 44.2 Å². The first-order valence-corrected chi connectivity index (χ1v) is 15.4. The van der Waals surface area contributed by atoms with Crippen molar-refractivity contribution in [2.45, 2.75) is 71.0 Å². The first kappa shape index (κ1) is 32.1. The summed E-state index contributed by atoms with van der Waals surface area (Å²) in [7, 11) is -4.22. The fraction of sp³-hybridized carbons (Fsp3) is 0.355. The predicted molar refractivity (Wildman–Crippen MR) is 161 cm³/mol. The van der Waals surface area contributed by atoms with E-state index in [4.69, 9.17) is 11.6 Å². The number of amides is 2. The van der Waals surface area contributed by atoms with Crippen LogP contribution in [-0.4, -0.2) is 43.8 Å². The maximum absolute atomic E-state index is 14.1. The van der Waals surface area contributed by atoms with Crippen LogP contribution in [0, 0.1) is 19.7 Å². The van der Waals surface area contributed by atoms with Crippen LogP contribution in [-0.2, 0) is 26.2 Å². The zero-order valence-corrected chi connectivity index (χ0v) is 25.6. The van der Waals surface area contributed by atoms with Crippen LogP contribution < -0.4 is 9.62 Å². The van der Waals surface area contributed by atoms with Gasteiger partial charge in [0.25, 0.3) is 10.0 Å². The molecule has 0 saturated carbocycles. The number of halogens is 2. The third kappa shape index (κ3) is 7.86. The first-order valence-electron chi connectivity index (χ1n) is 13.6. The molecule has 2 amide bonds. The molecule has 0 radical (unpaired) electrons. The lowest BCUT2D eigenvalue weighted by Crippen LogP contribution is -2.53. The summed E-state index contributed by atoms with van der Waals surface area (Å²) < 4.78 is 42.7. The maximum Gasteiger partial charge on any atom is 0.264 e. The Hall–Kier alpha value is -3.43. The number of hydrogen-bond acceptors (Lipinski definition) is 4. The SMILES string of the molecule is CC[C@H](C(=O)N[C@@H](C)CC)N(Cc1ccc(F)cc1)C(=O)CN(c1cccc(Cl)c1C)S(=O)(=O)c1ccc(C)cc1. The van der Waals surface area contributed by atoms with Crippen molar-refractivity contribution >= 4 is 39.1 Å².